The molecule has 0 unspecified atom stereocenters. The Hall–Kier alpha value is -1.88. The molecule has 0 saturated heterocycles. The van der Waals surface area contributed by atoms with Gasteiger partial charge in [-0.1, -0.05) is 18.2 Å². The highest BCUT2D eigenvalue weighted by atomic mass is 127. The third kappa shape index (κ3) is 4.50. The van der Waals surface area contributed by atoms with Crippen molar-refractivity contribution in [1.29, 1.82) is 0 Å². The molecule has 0 bridgehead atoms. The molecule has 1 aliphatic rings. The number of hydrogen-bond donors (Lipinski definition) is 2. The van der Waals surface area contributed by atoms with Crippen LogP contribution >= 0.6 is 34.4 Å². The van der Waals surface area contributed by atoms with Gasteiger partial charge in [-0.2, -0.15) is 0 Å². The van der Waals surface area contributed by atoms with E-state index in [1.165, 1.54) is 38.8 Å². The number of fused-ring (bicyclic) bond motifs is 2. The van der Waals surface area contributed by atoms with Gasteiger partial charge in [0.2, 0.25) is 5.91 Å². The fraction of sp³-hybridized carbons (Fsp3) is 0.400. The van der Waals surface area contributed by atoms with Crippen LogP contribution in [0.2, 0.25) is 0 Å². The quantitative estimate of drug-likeness (QED) is 0.345. The molecule has 2 aromatic heterocycles. The summed E-state index contributed by atoms with van der Waals surface area (Å²) in [5.74, 6) is 0.147. The number of imidazole rings is 1. The number of amides is 1. The van der Waals surface area contributed by atoms with Gasteiger partial charge >= 0.3 is 0 Å². The molecule has 7 nitrogen and oxygen atoms in total. The highest BCUT2D eigenvalue weighted by Crippen LogP contribution is 2.37. The van der Waals surface area contributed by atoms with E-state index >= 15 is 0 Å². The van der Waals surface area contributed by atoms with E-state index in [9.17, 15) is 4.79 Å². The summed E-state index contributed by atoms with van der Waals surface area (Å²) >= 11 is 4.07. The van der Waals surface area contributed by atoms with Crippen molar-refractivity contribution in [2.24, 2.45) is 5.73 Å². The maximum absolute atomic E-state index is 10.9. The number of hydrogen-bond acceptors (Lipinski definition) is 6. The van der Waals surface area contributed by atoms with E-state index in [0.29, 0.717) is 17.8 Å². The number of nitrogens with two attached hydrogens (primary N) is 2. The van der Waals surface area contributed by atoms with E-state index in [2.05, 4.69) is 49.3 Å². The number of primary amides is 1. The zero-order valence-corrected chi connectivity index (χ0v) is 19.0. The van der Waals surface area contributed by atoms with Crippen molar-refractivity contribution >= 4 is 57.2 Å². The van der Waals surface area contributed by atoms with Crippen LogP contribution in [0.1, 0.15) is 43.2 Å². The van der Waals surface area contributed by atoms with Crippen LogP contribution in [0.25, 0.3) is 11.2 Å². The van der Waals surface area contributed by atoms with E-state index in [1.807, 2.05) is 0 Å². The summed E-state index contributed by atoms with van der Waals surface area (Å²) in [5, 5.41) is 0.873. The summed E-state index contributed by atoms with van der Waals surface area (Å²) in [4.78, 5) is 25.4. The maximum Gasteiger partial charge on any atom is 0.217 e. The topological polar surface area (TPSA) is 113 Å². The monoisotopic (exact) mass is 522 g/mol. The van der Waals surface area contributed by atoms with Crippen LogP contribution in [-0.2, 0) is 24.2 Å². The van der Waals surface area contributed by atoms with Crippen molar-refractivity contribution in [3.63, 3.8) is 0 Å². The van der Waals surface area contributed by atoms with Crippen molar-refractivity contribution < 1.29 is 4.79 Å². The van der Waals surface area contributed by atoms with Gasteiger partial charge in [0, 0.05) is 21.4 Å². The Bertz CT molecular complexity index is 1070. The first-order chi connectivity index (χ1) is 14.0. The van der Waals surface area contributed by atoms with Crippen molar-refractivity contribution in [2.75, 3.05) is 5.73 Å². The van der Waals surface area contributed by atoms with Gasteiger partial charge in [0.25, 0.3) is 0 Å². The molecule has 4 rings (SSSR count). The molecule has 0 saturated carbocycles. The Morgan fingerprint density at radius 3 is 2.76 bits per heavy atom. The molecule has 1 aromatic carbocycles. The van der Waals surface area contributed by atoms with Gasteiger partial charge in [-0.05, 0) is 78.0 Å². The maximum atomic E-state index is 10.9. The first-order valence-corrected chi connectivity index (χ1v) is 11.7. The first-order valence-electron chi connectivity index (χ1n) is 9.77. The molecule has 3 aromatic rings. The average Bonchev–Trinajstić information content (AvgIpc) is 3.27. The number of halogens is 1. The van der Waals surface area contributed by atoms with E-state index in [0.717, 1.165) is 43.0 Å². The zero-order valence-electron chi connectivity index (χ0n) is 16.0. The second-order valence-corrected chi connectivity index (χ2v) is 9.43. The van der Waals surface area contributed by atoms with Crippen molar-refractivity contribution in [3.05, 3.63) is 33.2 Å². The normalized spacial score (nSPS) is 13.1. The average molecular weight is 522 g/mol. The van der Waals surface area contributed by atoms with Crippen molar-refractivity contribution in [2.45, 2.75) is 61.5 Å². The number of carbonyl (C=O) groups is 1. The lowest BCUT2D eigenvalue weighted by molar-refractivity contribution is -0.118. The molecule has 152 valence electrons. The van der Waals surface area contributed by atoms with Crippen LogP contribution in [-0.4, -0.2) is 25.4 Å². The highest BCUT2D eigenvalue weighted by Gasteiger charge is 2.19. The van der Waals surface area contributed by atoms with Crippen LogP contribution in [0.3, 0.4) is 0 Å². The third-order valence-corrected chi connectivity index (χ3v) is 7.49. The molecule has 1 aliphatic carbocycles. The second kappa shape index (κ2) is 8.86. The highest BCUT2D eigenvalue weighted by molar-refractivity contribution is 14.1. The number of aryl methyl sites for hydroxylation is 3. The fourth-order valence-corrected chi connectivity index (χ4v) is 5.55. The van der Waals surface area contributed by atoms with E-state index in [1.54, 1.807) is 11.8 Å². The van der Waals surface area contributed by atoms with E-state index in [-0.39, 0.29) is 5.91 Å². The van der Waals surface area contributed by atoms with Crippen LogP contribution in [0.5, 0.6) is 0 Å². The van der Waals surface area contributed by atoms with E-state index in [4.69, 9.17) is 16.5 Å². The van der Waals surface area contributed by atoms with Gasteiger partial charge in [0.15, 0.2) is 22.1 Å². The second-order valence-electron chi connectivity index (χ2n) is 7.26. The minimum Gasteiger partial charge on any atom is -0.382 e. The summed E-state index contributed by atoms with van der Waals surface area (Å²) < 4.78 is 3.36. The third-order valence-electron chi connectivity index (χ3n) is 5.18. The fourth-order valence-electron chi connectivity index (χ4n) is 3.71. The number of aromatic nitrogens is 4. The Labute approximate surface area is 187 Å². The summed E-state index contributed by atoms with van der Waals surface area (Å²) in [6, 6.07) is 4.61. The van der Waals surface area contributed by atoms with Crippen LogP contribution < -0.4 is 11.5 Å². The standard InChI is InChI=1S/C20H23IN6OS/c21-14-9-12-5-4-6-13(12)10-15(14)29-20-26-17-18(23)24-11-25-19(17)27(20)8-3-1-2-7-16(22)28/h9-11H,1-8H2,(H2,22,28)(H2,23,24,25). The smallest absolute Gasteiger partial charge is 0.217 e. The SMILES string of the molecule is NC(=O)CCCCCn1c(Sc2cc3c(cc2I)CCC3)nc2c(N)ncnc21. The number of carbonyl (C=O) groups excluding carboxylic acids is 1. The minimum atomic E-state index is -0.249. The number of anilines is 1. The van der Waals surface area contributed by atoms with Gasteiger partial charge in [0.05, 0.1) is 0 Å². The molecule has 29 heavy (non-hydrogen) atoms. The number of nitrogens with zero attached hydrogens (tertiary/aromatic N) is 4. The van der Waals surface area contributed by atoms with Gasteiger partial charge in [-0.25, -0.2) is 15.0 Å². The number of nitrogen functional groups attached to an aromatic ring is 1. The summed E-state index contributed by atoms with van der Waals surface area (Å²) in [6.45, 7) is 0.759. The Morgan fingerprint density at radius 1 is 1.17 bits per heavy atom. The molecular formula is C20H23IN6OS. The lowest BCUT2D eigenvalue weighted by Gasteiger charge is -2.10. The number of benzene rings is 1. The molecule has 2 heterocycles. The summed E-state index contributed by atoms with van der Waals surface area (Å²) in [5.41, 5.74) is 15.6. The largest absolute Gasteiger partial charge is 0.382 e. The van der Waals surface area contributed by atoms with Crippen LogP contribution in [0, 0.1) is 3.57 Å². The van der Waals surface area contributed by atoms with Gasteiger partial charge in [-0.3, -0.25) is 4.79 Å². The molecule has 1 amide bonds. The zero-order chi connectivity index (χ0) is 20.4. The van der Waals surface area contributed by atoms with Crippen molar-refractivity contribution in [1.82, 2.24) is 19.5 Å². The van der Waals surface area contributed by atoms with E-state index < -0.39 is 0 Å². The Balaban J connectivity index is 1.61. The van der Waals surface area contributed by atoms with Gasteiger partial charge in [0.1, 0.15) is 6.33 Å². The molecule has 4 N–H and O–H groups in total. The van der Waals surface area contributed by atoms with Crippen LogP contribution in [0.15, 0.2) is 28.5 Å². The minimum absolute atomic E-state index is 0.249. The van der Waals surface area contributed by atoms with Crippen molar-refractivity contribution in [3.8, 4) is 0 Å². The number of unbranched alkanes of at least 4 members (excludes halogenated alkanes) is 2. The molecule has 0 atom stereocenters. The lowest BCUT2D eigenvalue weighted by atomic mass is 10.1. The molecule has 0 spiro atoms. The summed E-state index contributed by atoms with van der Waals surface area (Å²) in [7, 11) is 0. The van der Waals surface area contributed by atoms with Crippen LogP contribution in [0.4, 0.5) is 5.82 Å². The van der Waals surface area contributed by atoms with Gasteiger partial charge < -0.3 is 16.0 Å². The Morgan fingerprint density at radius 2 is 1.97 bits per heavy atom. The lowest BCUT2D eigenvalue weighted by Crippen LogP contribution is -2.09. The predicted octanol–water partition coefficient (Wildman–Crippen LogP) is 3.70. The number of rotatable bonds is 8. The molecule has 0 fully saturated rings. The van der Waals surface area contributed by atoms with Gasteiger partial charge in [-0.15, -0.1) is 0 Å². The predicted molar refractivity (Wildman–Crippen MR) is 123 cm³/mol. The Kier molecular flexibility index (Phi) is 6.23. The first kappa shape index (κ1) is 20.4. The molecule has 0 radical (unpaired) electrons. The summed E-state index contributed by atoms with van der Waals surface area (Å²) in [6.07, 6.45) is 8.09. The molecule has 9 heteroatoms. The molecule has 0 aliphatic heterocycles. The molecular weight excluding hydrogens is 499 g/mol.